The van der Waals surface area contributed by atoms with Crippen LogP contribution in [0, 0.1) is 0 Å². The van der Waals surface area contributed by atoms with Crippen molar-refractivity contribution in [1.82, 2.24) is 14.5 Å². The fourth-order valence-electron chi connectivity index (χ4n) is 2.87. The molecule has 142 valence electrons. The molecule has 4 rings (SSSR count). The summed E-state index contributed by atoms with van der Waals surface area (Å²) in [7, 11) is -3.70. The predicted octanol–water partition coefficient (Wildman–Crippen LogP) is 2.64. The van der Waals surface area contributed by atoms with Crippen LogP contribution in [-0.4, -0.2) is 24.7 Å². The van der Waals surface area contributed by atoms with E-state index in [0.717, 1.165) is 10.8 Å². The smallest absolute Gasteiger partial charge is 0.266 e. The number of furan rings is 1. The van der Waals surface area contributed by atoms with E-state index in [1.54, 1.807) is 36.4 Å². The largest absolute Gasteiger partial charge is 0.463 e. The zero-order valence-electron chi connectivity index (χ0n) is 14.8. The highest BCUT2D eigenvalue weighted by Gasteiger charge is 2.14. The highest BCUT2D eigenvalue weighted by atomic mass is 32.2. The van der Waals surface area contributed by atoms with Crippen LogP contribution in [0.2, 0.25) is 0 Å². The van der Waals surface area contributed by atoms with Crippen LogP contribution in [0.1, 0.15) is 0 Å². The molecule has 0 saturated carbocycles. The maximum atomic E-state index is 12.6. The minimum absolute atomic E-state index is 0.0314. The number of nitrogens with one attached hydrogen (secondary N) is 1. The second-order valence-electron chi connectivity index (χ2n) is 6.16. The van der Waals surface area contributed by atoms with Gasteiger partial charge in [0.1, 0.15) is 5.69 Å². The summed E-state index contributed by atoms with van der Waals surface area (Å²) in [4.78, 5) is 12.2. The van der Waals surface area contributed by atoms with E-state index in [1.807, 2.05) is 24.3 Å². The number of fused-ring (bicyclic) bond motifs is 1. The van der Waals surface area contributed by atoms with Gasteiger partial charge in [-0.15, -0.1) is 0 Å². The third-order valence-corrected chi connectivity index (χ3v) is 5.75. The number of hydrogen-bond acceptors (Lipinski definition) is 5. The van der Waals surface area contributed by atoms with Gasteiger partial charge in [0, 0.05) is 12.6 Å². The molecule has 7 nitrogen and oxygen atoms in total. The van der Waals surface area contributed by atoms with Crippen LogP contribution < -0.4 is 10.3 Å². The molecule has 4 aromatic rings. The van der Waals surface area contributed by atoms with Crippen molar-refractivity contribution in [2.75, 3.05) is 6.54 Å². The fourth-order valence-corrected chi connectivity index (χ4v) is 3.92. The summed E-state index contributed by atoms with van der Waals surface area (Å²) in [6.45, 7) is 0.129. The van der Waals surface area contributed by atoms with Crippen LogP contribution in [-0.2, 0) is 16.6 Å². The quantitative estimate of drug-likeness (QED) is 0.542. The maximum absolute atomic E-state index is 12.6. The van der Waals surface area contributed by atoms with Gasteiger partial charge in [0.2, 0.25) is 10.0 Å². The lowest BCUT2D eigenvalue weighted by atomic mass is 10.1. The van der Waals surface area contributed by atoms with Crippen molar-refractivity contribution in [2.24, 2.45) is 0 Å². The van der Waals surface area contributed by atoms with Gasteiger partial charge >= 0.3 is 0 Å². The van der Waals surface area contributed by atoms with Gasteiger partial charge in [-0.25, -0.2) is 17.8 Å². The first-order chi connectivity index (χ1) is 13.5. The molecule has 0 unspecified atom stereocenters. The first kappa shape index (κ1) is 18.1. The molecule has 0 atom stereocenters. The highest BCUT2D eigenvalue weighted by Crippen LogP contribution is 2.19. The van der Waals surface area contributed by atoms with Crippen LogP contribution >= 0.6 is 0 Å². The first-order valence-corrected chi connectivity index (χ1v) is 10.1. The summed E-state index contributed by atoms with van der Waals surface area (Å²) in [5, 5.41) is 6.03. The van der Waals surface area contributed by atoms with Gasteiger partial charge in [0.25, 0.3) is 5.56 Å². The third-order valence-electron chi connectivity index (χ3n) is 4.29. The summed E-state index contributed by atoms with van der Waals surface area (Å²) < 4.78 is 34.1. The molecule has 0 radical (unpaired) electrons. The van der Waals surface area contributed by atoms with Crippen molar-refractivity contribution in [1.29, 1.82) is 0 Å². The summed E-state index contributed by atoms with van der Waals surface area (Å²) in [5.41, 5.74) is 0.183. The first-order valence-electron chi connectivity index (χ1n) is 8.63. The van der Waals surface area contributed by atoms with Crippen LogP contribution in [0.4, 0.5) is 0 Å². The van der Waals surface area contributed by atoms with E-state index in [4.69, 9.17) is 4.42 Å². The van der Waals surface area contributed by atoms with Gasteiger partial charge in [-0.1, -0.05) is 30.3 Å². The van der Waals surface area contributed by atoms with E-state index in [0.29, 0.717) is 11.5 Å². The average Bonchev–Trinajstić information content (AvgIpc) is 3.24. The summed E-state index contributed by atoms with van der Waals surface area (Å²) in [5.74, 6) is 0.533. The molecule has 0 fully saturated rings. The van der Waals surface area contributed by atoms with E-state index in [2.05, 4.69) is 9.82 Å². The molecule has 1 N–H and O–H groups in total. The molecule has 2 aromatic carbocycles. The molecule has 2 heterocycles. The van der Waals surface area contributed by atoms with Crippen molar-refractivity contribution < 1.29 is 12.8 Å². The minimum atomic E-state index is -3.70. The average molecular weight is 395 g/mol. The Kier molecular flexibility index (Phi) is 4.81. The van der Waals surface area contributed by atoms with Gasteiger partial charge in [-0.05, 0) is 41.1 Å². The van der Waals surface area contributed by atoms with E-state index in [9.17, 15) is 13.2 Å². The number of hydrogen-bond donors (Lipinski definition) is 1. The van der Waals surface area contributed by atoms with E-state index >= 15 is 0 Å². The SMILES string of the molecule is O=c1ccc(-c2ccco2)nn1CCNS(=O)(=O)c1ccc2ccccc2c1. The van der Waals surface area contributed by atoms with Gasteiger partial charge in [0.15, 0.2) is 5.76 Å². The topological polar surface area (TPSA) is 94.2 Å². The molecule has 0 bridgehead atoms. The monoisotopic (exact) mass is 395 g/mol. The lowest BCUT2D eigenvalue weighted by Gasteiger charge is -2.09. The van der Waals surface area contributed by atoms with Crippen LogP contribution in [0.15, 0.2) is 87.1 Å². The van der Waals surface area contributed by atoms with E-state index < -0.39 is 10.0 Å². The van der Waals surface area contributed by atoms with Crippen molar-refractivity contribution in [3.05, 3.63) is 83.3 Å². The third kappa shape index (κ3) is 3.73. The Labute approximate surface area is 161 Å². The zero-order valence-corrected chi connectivity index (χ0v) is 15.6. The van der Waals surface area contributed by atoms with E-state index in [1.165, 1.54) is 17.0 Å². The number of nitrogens with zero attached hydrogens (tertiary/aromatic N) is 2. The number of benzene rings is 2. The number of aromatic nitrogens is 2. The van der Waals surface area contributed by atoms with E-state index in [-0.39, 0.29) is 23.5 Å². The molecule has 0 saturated heterocycles. The Bertz CT molecular complexity index is 1280. The lowest BCUT2D eigenvalue weighted by Crippen LogP contribution is -2.32. The van der Waals surface area contributed by atoms with Crippen molar-refractivity contribution in [3.63, 3.8) is 0 Å². The molecule has 0 aliphatic rings. The Morgan fingerprint density at radius 1 is 0.964 bits per heavy atom. The normalized spacial score (nSPS) is 11.7. The Morgan fingerprint density at radius 2 is 1.79 bits per heavy atom. The molecule has 2 aromatic heterocycles. The standard InChI is InChI=1S/C20H17N3O4S/c24-20-10-9-18(19-6-3-13-27-19)22-23(20)12-11-21-28(25,26)17-8-7-15-4-1-2-5-16(15)14-17/h1-10,13-14,21H,11-12H2. The molecule has 0 amide bonds. The molecule has 0 aliphatic carbocycles. The summed E-state index contributed by atoms with van der Waals surface area (Å²) in [6, 6.07) is 18.9. The molecule has 8 heteroatoms. The number of rotatable bonds is 6. The molecule has 0 aliphatic heterocycles. The van der Waals surface area contributed by atoms with Gasteiger partial charge in [-0.3, -0.25) is 4.79 Å². The summed E-state index contributed by atoms with van der Waals surface area (Å²) in [6.07, 6.45) is 1.52. The predicted molar refractivity (Wildman–Crippen MR) is 105 cm³/mol. The summed E-state index contributed by atoms with van der Waals surface area (Å²) >= 11 is 0. The highest BCUT2D eigenvalue weighted by molar-refractivity contribution is 7.89. The molecule has 0 spiro atoms. The Morgan fingerprint density at radius 3 is 2.57 bits per heavy atom. The van der Waals surface area contributed by atoms with Crippen molar-refractivity contribution >= 4 is 20.8 Å². The molecule has 28 heavy (non-hydrogen) atoms. The van der Waals surface area contributed by atoms with Gasteiger partial charge in [-0.2, -0.15) is 5.10 Å². The van der Waals surface area contributed by atoms with Crippen LogP contribution in [0.5, 0.6) is 0 Å². The van der Waals surface area contributed by atoms with Crippen molar-refractivity contribution in [2.45, 2.75) is 11.4 Å². The second-order valence-corrected chi connectivity index (χ2v) is 7.93. The zero-order chi connectivity index (χ0) is 19.6. The number of sulfonamides is 1. The van der Waals surface area contributed by atoms with Gasteiger partial charge < -0.3 is 4.42 Å². The maximum Gasteiger partial charge on any atom is 0.266 e. The Hall–Kier alpha value is -3.23. The Balaban J connectivity index is 1.49. The van der Waals surface area contributed by atoms with Crippen molar-refractivity contribution in [3.8, 4) is 11.5 Å². The second kappa shape index (κ2) is 7.41. The minimum Gasteiger partial charge on any atom is -0.463 e. The van der Waals surface area contributed by atoms with Crippen LogP contribution in [0.25, 0.3) is 22.2 Å². The molecular weight excluding hydrogens is 378 g/mol. The lowest BCUT2D eigenvalue weighted by molar-refractivity contribution is 0.540. The van der Waals surface area contributed by atoms with Crippen LogP contribution in [0.3, 0.4) is 0 Å². The van der Waals surface area contributed by atoms with Gasteiger partial charge in [0.05, 0.1) is 17.7 Å². The fraction of sp³-hybridized carbons (Fsp3) is 0.100. The molecular formula is C20H17N3O4S.